The lowest BCUT2D eigenvalue weighted by Gasteiger charge is -2.12. The van der Waals surface area contributed by atoms with Crippen LogP contribution in [-0.2, 0) is 0 Å². The molecule has 7 aromatic rings. The molecule has 4 aromatic carbocycles. The normalized spacial score (nSPS) is 11.4. The molecule has 0 saturated heterocycles. The highest BCUT2D eigenvalue weighted by atomic mass is 32.1. The van der Waals surface area contributed by atoms with E-state index in [1.807, 2.05) is 42.5 Å². The maximum Gasteiger partial charge on any atom is 0.161 e. The van der Waals surface area contributed by atoms with Crippen molar-refractivity contribution in [2.75, 3.05) is 0 Å². The Morgan fingerprint density at radius 2 is 1.09 bits per heavy atom. The number of nitrogens with zero attached hydrogens (tertiary/aromatic N) is 3. The summed E-state index contributed by atoms with van der Waals surface area (Å²) in [6.45, 7) is 0. The summed E-state index contributed by atoms with van der Waals surface area (Å²) in [5.74, 6) is 0.720. The van der Waals surface area contributed by atoms with E-state index in [0.29, 0.717) is 0 Å². The zero-order chi connectivity index (χ0) is 23.2. The maximum atomic E-state index is 5.15. The van der Waals surface area contributed by atoms with Gasteiger partial charge in [0, 0.05) is 37.5 Å². The summed E-state index contributed by atoms with van der Waals surface area (Å²) in [5, 5.41) is 3.37. The van der Waals surface area contributed by atoms with Crippen molar-refractivity contribution in [2.45, 2.75) is 0 Å². The summed E-state index contributed by atoms with van der Waals surface area (Å²) in [6, 6.07) is 39.5. The van der Waals surface area contributed by atoms with Gasteiger partial charge < -0.3 is 0 Å². The van der Waals surface area contributed by atoms with E-state index < -0.39 is 0 Å². The van der Waals surface area contributed by atoms with E-state index in [1.54, 1.807) is 11.3 Å². The van der Waals surface area contributed by atoms with Gasteiger partial charge in [0.25, 0.3) is 0 Å². The Hall–Kier alpha value is -4.41. The Kier molecular flexibility index (Phi) is 4.64. The number of aromatic nitrogens is 3. The second-order valence-corrected chi connectivity index (χ2v) is 9.51. The summed E-state index contributed by atoms with van der Waals surface area (Å²) in [7, 11) is 0. The summed E-state index contributed by atoms with van der Waals surface area (Å²) in [5.41, 5.74) is 5.94. The molecule has 0 N–H and O–H groups in total. The molecule has 0 atom stereocenters. The molecule has 0 spiro atoms. The molecule has 3 heterocycles. The summed E-state index contributed by atoms with van der Waals surface area (Å²) < 4.78 is 1.22. The molecule has 3 aromatic heterocycles. The lowest BCUT2D eigenvalue weighted by atomic mass is 10.0. The van der Waals surface area contributed by atoms with Gasteiger partial charge >= 0.3 is 0 Å². The predicted octanol–water partition coefficient (Wildman–Crippen LogP) is 8.39. The van der Waals surface area contributed by atoms with Crippen LogP contribution in [-0.4, -0.2) is 15.0 Å². The van der Waals surface area contributed by atoms with Gasteiger partial charge in [-0.1, -0.05) is 97.1 Å². The molecule has 0 aliphatic heterocycles. The average Bonchev–Trinajstić information content (AvgIpc) is 3.30. The van der Waals surface area contributed by atoms with Gasteiger partial charge in [0.2, 0.25) is 0 Å². The van der Waals surface area contributed by atoms with E-state index in [4.69, 9.17) is 15.0 Å². The topological polar surface area (TPSA) is 38.7 Å². The molecule has 0 fully saturated rings. The predicted molar refractivity (Wildman–Crippen MR) is 147 cm³/mol. The fraction of sp³-hybridized carbons (Fsp3) is 0. The van der Waals surface area contributed by atoms with Crippen LogP contribution < -0.4 is 0 Å². The minimum absolute atomic E-state index is 0.720. The minimum atomic E-state index is 0.720. The number of hydrogen-bond donors (Lipinski definition) is 0. The summed E-state index contributed by atoms with van der Waals surface area (Å²) >= 11 is 1.72. The quantitative estimate of drug-likeness (QED) is 0.263. The van der Waals surface area contributed by atoms with Crippen LogP contribution in [0.25, 0.3) is 65.1 Å². The Morgan fingerprint density at radius 3 is 1.77 bits per heavy atom. The summed E-state index contributed by atoms with van der Waals surface area (Å²) in [6.07, 6.45) is 0. The van der Waals surface area contributed by atoms with E-state index in [1.165, 1.54) is 10.1 Å². The first kappa shape index (κ1) is 20.0. The number of thiophene rings is 1. The third kappa shape index (κ3) is 3.38. The smallest absolute Gasteiger partial charge is 0.161 e. The van der Waals surface area contributed by atoms with Crippen molar-refractivity contribution >= 4 is 42.5 Å². The minimum Gasteiger partial charge on any atom is -0.237 e. The Bertz CT molecular complexity index is 1780. The van der Waals surface area contributed by atoms with Gasteiger partial charge in [0.05, 0.1) is 16.9 Å². The van der Waals surface area contributed by atoms with E-state index in [0.717, 1.165) is 55.0 Å². The Morgan fingerprint density at radius 1 is 0.514 bits per heavy atom. The van der Waals surface area contributed by atoms with E-state index in [9.17, 15) is 0 Å². The molecule has 164 valence electrons. The fourth-order valence-electron chi connectivity index (χ4n) is 4.68. The largest absolute Gasteiger partial charge is 0.237 e. The highest BCUT2D eigenvalue weighted by Gasteiger charge is 2.19. The van der Waals surface area contributed by atoms with Crippen LogP contribution in [0.15, 0.2) is 115 Å². The van der Waals surface area contributed by atoms with Crippen molar-refractivity contribution in [1.29, 1.82) is 0 Å². The number of fused-ring (bicyclic) bond motifs is 4. The first-order valence-corrected chi connectivity index (χ1v) is 12.4. The zero-order valence-electron chi connectivity index (χ0n) is 18.7. The van der Waals surface area contributed by atoms with Gasteiger partial charge in [-0.05, 0) is 18.2 Å². The monoisotopic (exact) mass is 465 g/mol. The van der Waals surface area contributed by atoms with Crippen LogP contribution in [0, 0.1) is 0 Å². The number of benzene rings is 4. The molecular weight excluding hydrogens is 446 g/mol. The molecule has 0 aliphatic rings. The van der Waals surface area contributed by atoms with Gasteiger partial charge in [0.1, 0.15) is 4.83 Å². The van der Waals surface area contributed by atoms with Crippen LogP contribution >= 0.6 is 11.3 Å². The maximum absolute atomic E-state index is 5.15. The van der Waals surface area contributed by atoms with Crippen molar-refractivity contribution in [3.63, 3.8) is 0 Å². The fourth-order valence-corrected chi connectivity index (χ4v) is 5.78. The van der Waals surface area contributed by atoms with Crippen molar-refractivity contribution in [3.05, 3.63) is 115 Å². The van der Waals surface area contributed by atoms with Crippen molar-refractivity contribution < 1.29 is 0 Å². The Balaban J connectivity index is 1.63. The molecule has 0 radical (unpaired) electrons. The SMILES string of the molecule is c1ccc(-c2cc(-c3ccccc3)nc(-c3c4ccccc4nc4sc5ccccc5c34)n2)cc1. The molecule has 35 heavy (non-hydrogen) atoms. The lowest BCUT2D eigenvalue weighted by Crippen LogP contribution is -1.97. The first-order chi connectivity index (χ1) is 17.3. The third-order valence-electron chi connectivity index (χ3n) is 6.31. The Labute approximate surface area is 206 Å². The number of hydrogen-bond acceptors (Lipinski definition) is 4. The molecular formula is C31H19N3S. The molecule has 4 heteroatoms. The number of para-hydroxylation sites is 1. The van der Waals surface area contributed by atoms with Crippen LogP contribution in [0.3, 0.4) is 0 Å². The summed E-state index contributed by atoms with van der Waals surface area (Å²) in [4.78, 5) is 16.3. The highest BCUT2D eigenvalue weighted by molar-refractivity contribution is 7.25. The van der Waals surface area contributed by atoms with Gasteiger partial charge in [-0.15, -0.1) is 11.3 Å². The molecule has 0 aliphatic carbocycles. The molecule has 7 rings (SSSR count). The number of rotatable bonds is 3. The molecule has 0 unspecified atom stereocenters. The van der Waals surface area contributed by atoms with Gasteiger partial charge in [0.15, 0.2) is 5.82 Å². The van der Waals surface area contributed by atoms with Gasteiger partial charge in [-0.25, -0.2) is 15.0 Å². The van der Waals surface area contributed by atoms with E-state index in [2.05, 4.69) is 72.8 Å². The van der Waals surface area contributed by atoms with E-state index in [-0.39, 0.29) is 0 Å². The average molecular weight is 466 g/mol. The standard InChI is InChI=1S/C31H19N3S/c1-3-11-20(12-4-1)25-19-26(21-13-5-2-6-14-21)33-30(32-25)28-22-15-7-9-17-24(22)34-31-29(28)23-16-8-10-18-27(23)35-31/h1-19H. The van der Waals surface area contributed by atoms with Crippen molar-refractivity contribution in [1.82, 2.24) is 15.0 Å². The highest BCUT2D eigenvalue weighted by Crippen LogP contribution is 2.42. The molecule has 0 saturated carbocycles. The second-order valence-electron chi connectivity index (χ2n) is 8.48. The van der Waals surface area contributed by atoms with Crippen LogP contribution in [0.4, 0.5) is 0 Å². The van der Waals surface area contributed by atoms with Gasteiger partial charge in [-0.2, -0.15) is 0 Å². The molecule has 3 nitrogen and oxygen atoms in total. The lowest BCUT2D eigenvalue weighted by molar-refractivity contribution is 1.19. The molecule has 0 amide bonds. The van der Waals surface area contributed by atoms with Crippen LogP contribution in [0.2, 0.25) is 0 Å². The van der Waals surface area contributed by atoms with Crippen molar-refractivity contribution in [3.8, 4) is 33.9 Å². The van der Waals surface area contributed by atoms with Crippen LogP contribution in [0.5, 0.6) is 0 Å². The first-order valence-electron chi connectivity index (χ1n) is 11.6. The second kappa shape index (κ2) is 8.12. The molecule has 0 bridgehead atoms. The van der Waals surface area contributed by atoms with Crippen molar-refractivity contribution in [2.24, 2.45) is 0 Å². The third-order valence-corrected chi connectivity index (χ3v) is 7.38. The number of pyridine rings is 1. The van der Waals surface area contributed by atoms with E-state index >= 15 is 0 Å². The van der Waals surface area contributed by atoms with Crippen LogP contribution in [0.1, 0.15) is 0 Å². The van der Waals surface area contributed by atoms with Gasteiger partial charge in [-0.3, -0.25) is 0 Å². The zero-order valence-corrected chi connectivity index (χ0v) is 19.5.